The Bertz CT molecular complexity index is 486. The average Bonchev–Trinajstić information content (AvgIpc) is 2.66. The molecule has 0 spiro atoms. The lowest BCUT2D eigenvalue weighted by Crippen LogP contribution is -2.48. The fraction of sp³-hybridized carbons (Fsp3) is 0.533. The Balaban J connectivity index is 2.22. The molecular formula is C15H23N3S. The van der Waals surface area contributed by atoms with Crippen LogP contribution in [0.3, 0.4) is 0 Å². The minimum absolute atomic E-state index is 0.136. The zero-order chi connectivity index (χ0) is 14.0. The molecule has 4 heteroatoms. The maximum Gasteiger partial charge on any atom is 0.189 e. The molecule has 1 aliphatic heterocycles. The molecule has 19 heavy (non-hydrogen) atoms. The first-order valence-electron chi connectivity index (χ1n) is 6.93. The van der Waals surface area contributed by atoms with Gasteiger partial charge in [0.25, 0.3) is 0 Å². The molecule has 0 saturated carbocycles. The van der Waals surface area contributed by atoms with E-state index in [0.717, 1.165) is 17.2 Å². The molecule has 0 amide bonds. The van der Waals surface area contributed by atoms with Crippen molar-refractivity contribution in [1.82, 2.24) is 10.7 Å². The molecule has 1 atom stereocenters. The molecule has 0 aromatic heterocycles. The monoisotopic (exact) mass is 277 g/mol. The van der Waals surface area contributed by atoms with Gasteiger partial charge in [0.1, 0.15) is 5.66 Å². The van der Waals surface area contributed by atoms with Gasteiger partial charge in [-0.2, -0.15) is 0 Å². The van der Waals surface area contributed by atoms with Gasteiger partial charge in [-0.25, -0.2) is 10.4 Å². The van der Waals surface area contributed by atoms with Gasteiger partial charge in [-0.15, -0.1) is 0 Å². The third kappa shape index (κ3) is 2.90. The largest absolute Gasteiger partial charge is 0.342 e. The third-order valence-corrected chi connectivity index (χ3v) is 4.08. The summed E-state index contributed by atoms with van der Waals surface area (Å²) in [7, 11) is 0. The number of hydrogen-bond donors (Lipinski definition) is 2. The summed E-state index contributed by atoms with van der Waals surface area (Å²) in [6.07, 6.45) is 3.43. The van der Waals surface area contributed by atoms with Crippen LogP contribution in [-0.4, -0.2) is 10.8 Å². The zero-order valence-electron chi connectivity index (χ0n) is 12.2. The smallest absolute Gasteiger partial charge is 0.189 e. The Kier molecular flexibility index (Phi) is 4.11. The first-order chi connectivity index (χ1) is 8.97. The molecule has 2 rings (SSSR count). The summed E-state index contributed by atoms with van der Waals surface area (Å²) in [5, 5.41) is 6.17. The zero-order valence-corrected chi connectivity index (χ0v) is 13.0. The summed E-state index contributed by atoms with van der Waals surface area (Å²) in [6.45, 7) is 8.64. The van der Waals surface area contributed by atoms with Crippen LogP contribution in [0.15, 0.2) is 18.2 Å². The van der Waals surface area contributed by atoms with Crippen LogP contribution in [0.4, 0.5) is 5.69 Å². The first kappa shape index (κ1) is 14.3. The molecule has 3 nitrogen and oxygen atoms in total. The lowest BCUT2D eigenvalue weighted by Gasteiger charge is -2.26. The molecule has 2 N–H and O–H groups in total. The molecule has 1 aliphatic rings. The lowest BCUT2D eigenvalue weighted by atomic mass is 10.1. The summed E-state index contributed by atoms with van der Waals surface area (Å²) >= 11 is 5.48. The fourth-order valence-corrected chi connectivity index (χ4v) is 2.78. The van der Waals surface area contributed by atoms with E-state index in [-0.39, 0.29) is 5.66 Å². The van der Waals surface area contributed by atoms with Crippen LogP contribution < -0.4 is 15.8 Å². The number of benzene rings is 1. The number of unbranched alkanes of at least 4 members (excludes halogenated alkanes) is 1. The van der Waals surface area contributed by atoms with Crippen molar-refractivity contribution < 1.29 is 0 Å². The van der Waals surface area contributed by atoms with Crippen molar-refractivity contribution in [3.8, 4) is 0 Å². The van der Waals surface area contributed by atoms with Gasteiger partial charge in [-0.05, 0) is 63.0 Å². The number of anilines is 1. The van der Waals surface area contributed by atoms with E-state index in [1.165, 1.54) is 24.0 Å². The summed E-state index contributed by atoms with van der Waals surface area (Å²) in [4.78, 5) is 0. The van der Waals surface area contributed by atoms with Gasteiger partial charge < -0.3 is 5.32 Å². The molecule has 0 unspecified atom stereocenters. The van der Waals surface area contributed by atoms with Crippen molar-refractivity contribution in [1.29, 1.82) is 0 Å². The Morgan fingerprint density at radius 1 is 1.32 bits per heavy atom. The Hall–Kier alpha value is -1.13. The highest BCUT2D eigenvalue weighted by Crippen LogP contribution is 2.26. The van der Waals surface area contributed by atoms with Crippen LogP contribution in [0, 0.1) is 13.8 Å². The highest BCUT2D eigenvalue weighted by atomic mass is 32.1. The van der Waals surface area contributed by atoms with E-state index >= 15 is 0 Å². The summed E-state index contributed by atoms with van der Waals surface area (Å²) in [6, 6.07) is 6.31. The number of nitrogens with one attached hydrogen (secondary N) is 2. The van der Waals surface area contributed by atoms with Crippen LogP contribution in [-0.2, 0) is 0 Å². The van der Waals surface area contributed by atoms with E-state index in [9.17, 15) is 0 Å². The lowest BCUT2D eigenvalue weighted by molar-refractivity contribution is 0.337. The maximum absolute atomic E-state index is 5.48. The van der Waals surface area contributed by atoms with Crippen molar-refractivity contribution >= 4 is 23.0 Å². The van der Waals surface area contributed by atoms with E-state index in [0.29, 0.717) is 0 Å². The maximum atomic E-state index is 5.48. The van der Waals surface area contributed by atoms with Crippen LogP contribution in [0.25, 0.3) is 0 Å². The number of hydrogen-bond acceptors (Lipinski definition) is 2. The molecule has 1 saturated heterocycles. The van der Waals surface area contributed by atoms with Gasteiger partial charge in [0.05, 0.1) is 5.69 Å². The predicted octanol–water partition coefficient (Wildman–Crippen LogP) is 3.41. The quantitative estimate of drug-likeness (QED) is 0.825. The average molecular weight is 277 g/mol. The highest BCUT2D eigenvalue weighted by Gasteiger charge is 2.36. The van der Waals surface area contributed by atoms with Gasteiger partial charge in [0, 0.05) is 0 Å². The second kappa shape index (κ2) is 5.47. The number of thiocarbonyl (C=S) groups is 1. The van der Waals surface area contributed by atoms with Crippen molar-refractivity contribution in [3.05, 3.63) is 29.3 Å². The molecule has 1 fully saturated rings. The minimum Gasteiger partial charge on any atom is -0.342 e. The topological polar surface area (TPSA) is 27.3 Å². The number of nitrogens with zero attached hydrogens (tertiary/aromatic N) is 1. The van der Waals surface area contributed by atoms with E-state index in [1.54, 1.807) is 0 Å². The normalized spacial score (nSPS) is 22.7. The molecular weight excluding hydrogens is 254 g/mol. The van der Waals surface area contributed by atoms with Gasteiger partial charge in [-0.1, -0.05) is 25.5 Å². The molecule has 104 valence electrons. The Morgan fingerprint density at radius 3 is 2.74 bits per heavy atom. The number of rotatable bonds is 4. The van der Waals surface area contributed by atoms with Crippen molar-refractivity contribution in [2.75, 3.05) is 5.01 Å². The number of hydrazine groups is 1. The van der Waals surface area contributed by atoms with Gasteiger partial charge >= 0.3 is 0 Å². The van der Waals surface area contributed by atoms with Gasteiger partial charge in [0.15, 0.2) is 5.11 Å². The number of aryl methyl sites for hydroxylation is 1. The van der Waals surface area contributed by atoms with Crippen molar-refractivity contribution in [3.63, 3.8) is 0 Å². The van der Waals surface area contributed by atoms with Crippen molar-refractivity contribution in [2.24, 2.45) is 0 Å². The summed E-state index contributed by atoms with van der Waals surface area (Å²) in [5.41, 5.74) is 7.06. The van der Waals surface area contributed by atoms with Gasteiger partial charge in [-0.3, -0.25) is 0 Å². The minimum atomic E-state index is -0.136. The second-order valence-corrected chi connectivity index (χ2v) is 5.92. The predicted molar refractivity (Wildman–Crippen MR) is 85.2 cm³/mol. The Labute approximate surface area is 121 Å². The molecule has 0 aliphatic carbocycles. The first-order valence-corrected chi connectivity index (χ1v) is 7.34. The molecule has 1 aromatic rings. The van der Waals surface area contributed by atoms with Crippen LogP contribution in [0.2, 0.25) is 0 Å². The van der Waals surface area contributed by atoms with Gasteiger partial charge in [0.2, 0.25) is 0 Å². The molecule has 0 radical (unpaired) electrons. The van der Waals surface area contributed by atoms with E-state index in [4.69, 9.17) is 12.2 Å². The van der Waals surface area contributed by atoms with E-state index in [2.05, 4.69) is 56.6 Å². The standard InChI is InChI=1S/C15H23N3S/c1-5-6-10-15(4)16-14(19)18(17-15)13-9-7-8-11(2)12(13)3/h7-9,17H,5-6,10H2,1-4H3,(H,16,19)/t15-/m0/s1. The SMILES string of the molecule is CCCC[C@@]1(C)NC(=S)N(c2cccc(C)c2C)N1. The van der Waals surface area contributed by atoms with Crippen LogP contribution >= 0.6 is 12.2 Å². The van der Waals surface area contributed by atoms with Crippen molar-refractivity contribution in [2.45, 2.75) is 52.6 Å². The Morgan fingerprint density at radius 2 is 2.05 bits per heavy atom. The van der Waals surface area contributed by atoms with E-state index in [1.807, 2.05) is 5.01 Å². The third-order valence-electron chi connectivity index (χ3n) is 3.79. The molecule has 1 heterocycles. The van der Waals surface area contributed by atoms with E-state index < -0.39 is 0 Å². The highest BCUT2D eigenvalue weighted by molar-refractivity contribution is 7.80. The summed E-state index contributed by atoms with van der Waals surface area (Å²) < 4.78 is 0. The second-order valence-electron chi connectivity index (χ2n) is 5.53. The molecule has 1 aromatic carbocycles. The summed E-state index contributed by atoms with van der Waals surface area (Å²) in [5.74, 6) is 0. The van der Waals surface area contributed by atoms with Crippen LogP contribution in [0.5, 0.6) is 0 Å². The van der Waals surface area contributed by atoms with Crippen LogP contribution in [0.1, 0.15) is 44.2 Å². The fourth-order valence-electron chi connectivity index (χ4n) is 2.41. The molecule has 0 bridgehead atoms.